The normalized spacial score (nSPS) is 15.6. The summed E-state index contributed by atoms with van der Waals surface area (Å²) in [5, 5.41) is 0. The lowest BCUT2D eigenvalue weighted by Crippen LogP contribution is -2.50. The molecule has 0 saturated carbocycles. The Morgan fingerprint density at radius 3 is 2.32 bits per heavy atom. The Morgan fingerprint density at radius 2 is 1.77 bits per heavy atom. The molecule has 6 nitrogen and oxygen atoms in total. The van der Waals surface area contributed by atoms with Gasteiger partial charge < -0.3 is 20.3 Å². The van der Waals surface area contributed by atoms with Gasteiger partial charge in [-0.25, -0.2) is 4.79 Å². The highest BCUT2D eigenvalue weighted by molar-refractivity contribution is 5.93. The number of nitrogens with two attached hydrogens (primary N) is 1. The zero-order chi connectivity index (χ0) is 16.3. The maximum Gasteiger partial charge on any atom is 0.410 e. The smallest absolute Gasteiger partial charge is 0.410 e. The maximum atomic E-state index is 12.0. The number of hydrogen-bond donors (Lipinski definition) is 1. The summed E-state index contributed by atoms with van der Waals surface area (Å²) >= 11 is 0. The first-order valence-electron chi connectivity index (χ1n) is 7.39. The Hall–Kier alpha value is -2.24. The number of primary amides is 1. The summed E-state index contributed by atoms with van der Waals surface area (Å²) < 4.78 is 5.38. The quantitative estimate of drug-likeness (QED) is 0.904. The molecule has 6 heteroatoms. The third kappa shape index (κ3) is 4.13. The van der Waals surface area contributed by atoms with E-state index in [0.29, 0.717) is 31.7 Å². The summed E-state index contributed by atoms with van der Waals surface area (Å²) in [5.74, 6) is -0.436. The lowest BCUT2D eigenvalue weighted by Gasteiger charge is -2.36. The number of hydrogen-bond acceptors (Lipinski definition) is 4. The van der Waals surface area contributed by atoms with E-state index in [2.05, 4.69) is 4.90 Å². The third-order valence-electron chi connectivity index (χ3n) is 3.43. The molecule has 120 valence electrons. The second kappa shape index (κ2) is 6.25. The Balaban J connectivity index is 1.96. The van der Waals surface area contributed by atoms with E-state index in [1.54, 1.807) is 17.0 Å². The summed E-state index contributed by atoms with van der Waals surface area (Å²) in [4.78, 5) is 27.1. The molecule has 1 aromatic rings. The van der Waals surface area contributed by atoms with Crippen LogP contribution >= 0.6 is 0 Å². The van der Waals surface area contributed by atoms with Crippen molar-refractivity contribution in [2.75, 3.05) is 31.1 Å². The summed E-state index contributed by atoms with van der Waals surface area (Å²) in [7, 11) is 0. The van der Waals surface area contributed by atoms with Crippen LogP contribution < -0.4 is 10.6 Å². The Bertz CT molecular complexity index is 558. The fourth-order valence-electron chi connectivity index (χ4n) is 2.33. The molecule has 2 rings (SSSR count). The van der Waals surface area contributed by atoms with Gasteiger partial charge in [-0.2, -0.15) is 0 Å². The SMILES string of the molecule is CC(C)(C)OC(=O)N1CCN(c2cccc(C(N)=O)c2)CC1. The van der Waals surface area contributed by atoms with E-state index < -0.39 is 11.5 Å². The van der Waals surface area contributed by atoms with Crippen LogP contribution in [0.5, 0.6) is 0 Å². The summed E-state index contributed by atoms with van der Waals surface area (Å²) in [6.07, 6.45) is -0.280. The van der Waals surface area contributed by atoms with Gasteiger partial charge in [0.1, 0.15) is 5.60 Å². The van der Waals surface area contributed by atoms with Crippen molar-refractivity contribution in [3.05, 3.63) is 29.8 Å². The van der Waals surface area contributed by atoms with Crippen LogP contribution in [0.2, 0.25) is 0 Å². The summed E-state index contributed by atoms with van der Waals surface area (Å²) in [6, 6.07) is 7.24. The zero-order valence-corrected chi connectivity index (χ0v) is 13.3. The number of carbonyl (C=O) groups excluding carboxylic acids is 2. The molecular formula is C16H23N3O3. The van der Waals surface area contributed by atoms with Crippen LogP contribution in [-0.4, -0.2) is 48.7 Å². The molecular weight excluding hydrogens is 282 g/mol. The van der Waals surface area contributed by atoms with E-state index in [0.717, 1.165) is 5.69 Å². The molecule has 1 aliphatic rings. The number of rotatable bonds is 2. The predicted octanol–water partition coefficient (Wildman–Crippen LogP) is 1.84. The van der Waals surface area contributed by atoms with Crippen LogP contribution in [0.3, 0.4) is 0 Å². The Kier molecular flexibility index (Phi) is 4.59. The monoisotopic (exact) mass is 305 g/mol. The standard InChI is InChI=1S/C16H23N3O3/c1-16(2,3)22-15(21)19-9-7-18(8-10-19)13-6-4-5-12(11-13)14(17)20/h4-6,11H,7-10H2,1-3H3,(H2,17,20). The van der Waals surface area contributed by atoms with Crippen molar-refractivity contribution in [3.63, 3.8) is 0 Å². The van der Waals surface area contributed by atoms with Crippen LogP contribution in [0.15, 0.2) is 24.3 Å². The van der Waals surface area contributed by atoms with Crippen molar-refractivity contribution in [2.24, 2.45) is 5.73 Å². The molecule has 1 aliphatic heterocycles. The molecule has 0 aliphatic carbocycles. The average molecular weight is 305 g/mol. The topological polar surface area (TPSA) is 75.9 Å². The van der Waals surface area contributed by atoms with Crippen LogP contribution in [0.1, 0.15) is 31.1 Å². The number of benzene rings is 1. The summed E-state index contributed by atoms with van der Waals surface area (Å²) in [6.45, 7) is 8.15. The first-order chi connectivity index (χ1) is 10.3. The minimum Gasteiger partial charge on any atom is -0.444 e. The second-order valence-electron chi connectivity index (χ2n) is 6.37. The van der Waals surface area contributed by atoms with Gasteiger partial charge in [0.15, 0.2) is 0 Å². The molecule has 0 aromatic heterocycles. The number of carbonyl (C=O) groups is 2. The number of anilines is 1. The molecule has 1 fully saturated rings. The van der Waals surface area contributed by atoms with E-state index in [-0.39, 0.29) is 6.09 Å². The van der Waals surface area contributed by atoms with E-state index in [9.17, 15) is 9.59 Å². The lowest BCUT2D eigenvalue weighted by molar-refractivity contribution is 0.0240. The first kappa shape index (κ1) is 16.1. The predicted molar refractivity (Wildman–Crippen MR) is 85.0 cm³/mol. The Morgan fingerprint density at radius 1 is 1.14 bits per heavy atom. The van der Waals surface area contributed by atoms with E-state index in [1.165, 1.54) is 0 Å². The molecule has 0 unspecified atom stereocenters. The summed E-state index contributed by atoms with van der Waals surface area (Å²) in [5.41, 5.74) is 6.26. The fourth-order valence-corrected chi connectivity index (χ4v) is 2.33. The van der Waals surface area contributed by atoms with Gasteiger partial charge in [0, 0.05) is 37.4 Å². The highest BCUT2D eigenvalue weighted by Crippen LogP contribution is 2.19. The van der Waals surface area contributed by atoms with Gasteiger partial charge >= 0.3 is 6.09 Å². The highest BCUT2D eigenvalue weighted by atomic mass is 16.6. The van der Waals surface area contributed by atoms with Crippen molar-refractivity contribution in [3.8, 4) is 0 Å². The van der Waals surface area contributed by atoms with E-state index >= 15 is 0 Å². The number of ether oxygens (including phenoxy) is 1. The van der Waals surface area contributed by atoms with E-state index in [4.69, 9.17) is 10.5 Å². The fraction of sp³-hybridized carbons (Fsp3) is 0.500. The molecule has 0 radical (unpaired) electrons. The molecule has 1 heterocycles. The molecule has 0 atom stereocenters. The molecule has 22 heavy (non-hydrogen) atoms. The maximum absolute atomic E-state index is 12.0. The van der Waals surface area contributed by atoms with Gasteiger partial charge in [-0.1, -0.05) is 6.07 Å². The van der Waals surface area contributed by atoms with Crippen molar-refractivity contribution in [1.29, 1.82) is 0 Å². The number of amides is 2. The molecule has 0 bridgehead atoms. The average Bonchev–Trinajstić information content (AvgIpc) is 2.46. The van der Waals surface area contributed by atoms with Gasteiger partial charge in [0.2, 0.25) is 5.91 Å². The van der Waals surface area contributed by atoms with Crippen molar-refractivity contribution in [1.82, 2.24) is 4.90 Å². The van der Waals surface area contributed by atoms with Crippen molar-refractivity contribution < 1.29 is 14.3 Å². The van der Waals surface area contributed by atoms with Gasteiger partial charge in [0.25, 0.3) is 0 Å². The minimum absolute atomic E-state index is 0.280. The van der Waals surface area contributed by atoms with Gasteiger partial charge in [0.05, 0.1) is 0 Å². The lowest BCUT2D eigenvalue weighted by atomic mass is 10.1. The molecule has 1 aromatic carbocycles. The van der Waals surface area contributed by atoms with Crippen molar-refractivity contribution in [2.45, 2.75) is 26.4 Å². The number of piperazine rings is 1. The minimum atomic E-state index is -0.482. The molecule has 2 amide bonds. The second-order valence-corrected chi connectivity index (χ2v) is 6.37. The van der Waals surface area contributed by atoms with Gasteiger partial charge in [-0.3, -0.25) is 4.79 Å². The van der Waals surface area contributed by atoms with Crippen LogP contribution in [0, 0.1) is 0 Å². The first-order valence-corrected chi connectivity index (χ1v) is 7.39. The molecule has 2 N–H and O–H groups in total. The molecule has 0 spiro atoms. The zero-order valence-electron chi connectivity index (χ0n) is 13.3. The third-order valence-corrected chi connectivity index (χ3v) is 3.43. The van der Waals surface area contributed by atoms with Crippen LogP contribution in [0.25, 0.3) is 0 Å². The van der Waals surface area contributed by atoms with Crippen LogP contribution in [-0.2, 0) is 4.74 Å². The molecule has 1 saturated heterocycles. The van der Waals surface area contributed by atoms with Crippen LogP contribution in [0.4, 0.5) is 10.5 Å². The van der Waals surface area contributed by atoms with Gasteiger partial charge in [-0.15, -0.1) is 0 Å². The van der Waals surface area contributed by atoms with Gasteiger partial charge in [-0.05, 0) is 39.0 Å². The van der Waals surface area contributed by atoms with E-state index in [1.807, 2.05) is 32.9 Å². The largest absolute Gasteiger partial charge is 0.444 e. The highest BCUT2D eigenvalue weighted by Gasteiger charge is 2.26. The number of nitrogens with zero attached hydrogens (tertiary/aromatic N) is 2. The Labute approximate surface area is 130 Å². The van der Waals surface area contributed by atoms with Crippen molar-refractivity contribution >= 4 is 17.7 Å².